The number of benzene rings is 1. The molecule has 3 N–H and O–H groups in total. The standard InChI is InChI=1S/C19H22N4O2.ClH/c1-13-11-15(7-10-21-13)19(25)23-17-4-2-3-16(12-17)22-18(24)14-5-8-20-9-6-14;/h2-6,8-9,12-13,15,21H,7,10-11H2,1H3,(H,22,24)(H,23,25);1H/t13-,15-;/m0./s1. The van der Waals surface area contributed by atoms with E-state index in [4.69, 9.17) is 0 Å². The molecule has 1 aliphatic heterocycles. The monoisotopic (exact) mass is 374 g/mol. The molecule has 2 atom stereocenters. The summed E-state index contributed by atoms with van der Waals surface area (Å²) in [4.78, 5) is 28.5. The third-order valence-corrected chi connectivity index (χ3v) is 4.32. The van der Waals surface area contributed by atoms with E-state index in [9.17, 15) is 9.59 Å². The first-order valence-electron chi connectivity index (χ1n) is 8.47. The van der Waals surface area contributed by atoms with Gasteiger partial charge in [0.25, 0.3) is 5.91 Å². The lowest BCUT2D eigenvalue weighted by Gasteiger charge is -2.27. The zero-order chi connectivity index (χ0) is 17.6. The van der Waals surface area contributed by atoms with Crippen molar-refractivity contribution in [2.45, 2.75) is 25.8 Å². The average molecular weight is 375 g/mol. The fourth-order valence-electron chi connectivity index (χ4n) is 3.00. The highest BCUT2D eigenvalue weighted by molar-refractivity contribution is 6.04. The molecule has 2 heterocycles. The molecule has 0 unspecified atom stereocenters. The molecule has 1 aromatic carbocycles. The number of amides is 2. The summed E-state index contributed by atoms with van der Waals surface area (Å²) >= 11 is 0. The predicted octanol–water partition coefficient (Wildman–Crippen LogP) is 3.08. The summed E-state index contributed by atoms with van der Waals surface area (Å²) in [5.74, 6) is -0.157. The largest absolute Gasteiger partial charge is 0.326 e. The fourth-order valence-corrected chi connectivity index (χ4v) is 3.00. The Hall–Kier alpha value is -2.44. The van der Waals surface area contributed by atoms with E-state index in [2.05, 4.69) is 27.9 Å². The number of hydrogen-bond acceptors (Lipinski definition) is 4. The van der Waals surface area contributed by atoms with Crippen LogP contribution in [0.25, 0.3) is 0 Å². The Morgan fingerprint density at radius 2 is 1.81 bits per heavy atom. The first-order chi connectivity index (χ1) is 12.1. The van der Waals surface area contributed by atoms with Crippen molar-refractivity contribution in [2.75, 3.05) is 17.2 Å². The van der Waals surface area contributed by atoms with Crippen LogP contribution in [0.2, 0.25) is 0 Å². The number of hydrogen-bond donors (Lipinski definition) is 3. The maximum Gasteiger partial charge on any atom is 0.255 e. The Morgan fingerprint density at radius 3 is 2.50 bits per heavy atom. The van der Waals surface area contributed by atoms with Crippen molar-refractivity contribution < 1.29 is 9.59 Å². The maximum atomic E-state index is 12.4. The highest BCUT2D eigenvalue weighted by atomic mass is 35.5. The molecule has 26 heavy (non-hydrogen) atoms. The lowest BCUT2D eigenvalue weighted by molar-refractivity contribution is -0.120. The minimum atomic E-state index is -0.210. The van der Waals surface area contributed by atoms with E-state index in [-0.39, 0.29) is 30.1 Å². The van der Waals surface area contributed by atoms with Crippen molar-refractivity contribution in [3.05, 3.63) is 54.4 Å². The summed E-state index contributed by atoms with van der Waals surface area (Å²) in [7, 11) is 0. The van der Waals surface area contributed by atoms with Crippen LogP contribution in [0.5, 0.6) is 0 Å². The molecule has 0 radical (unpaired) electrons. The number of anilines is 2. The molecule has 1 fully saturated rings. The third-order valence-electron chi connectivity index (χ3n) is 4.32. The Bertz CT molecular complexity index is 754. The molecule has 1 saturated heterocycles. The van der Waals surface area contributed by atoms with E-state index < -0.39 is 0 Å². The summed E-state index contributed by atoms with van der Waals surface area (Å²) in [5, 5.41) is 9.13. The highest BCUT2D eigenvalue weighted by Gasteiger charge is 2.24. The summed E-state index contributed by atoms with van der Waals surface area (Å²) < 4.78 is 0. The summed E-state index contributed by atoms with van der Waals surface area (Å²) in [6, 6.07) is 10.9. The second-order valence-corrected chi connectivity index (χ2v) is 6.34. The Labute approximate surface area is 159 Å². The van der Waals surface area contributed by atoms with Crippen LogP contribution in [0.1, 0.15) is 30.1 Å². The van der Waals surface area contributed by atoms with Gasteiger partial charge in [-0.2, -0.15) is 0 Å². The zero-order valence-electron chi connectivity index (χ0n) is 14.6. The van der Waals surface area contributed by atoms with Crippen LogP contribution in [0, 0.1) is 5.92 Å². The first-order valence-corrected chi connectivity index (χ1v) is 8.47. The summed E-state index contributed by atoms with van der Waals surface area (Å²) in [6.07, 6.45) is 4.83. The number of pyridine rings is 1. The van der Waals surface area contributed by atoms with Gasteiger partial charge in [-0.1, -0.05) is 6.07 Å². The topological polar surface area (TPSA) is 83.1 Å². The summed E-state index contributed by atoms with van der Waals surface area (Å²) in [6.45, 7) is 2.95. The molecule has 0 bridgehead atoms. The smallest absolute Gasteiger partial charge is 0.255 e. The number of rotatable bonds is 4. The number of piperidine rings is 1. The SMILES string of the molecule is C[C@H]1C[C@@H](C(=O)Nc2cccc(NC(=O)c3ccncc3)c2)CCN1.Cl. The molecule has 0 aliphatic carbocycles. The molecular weight excluding hydrogens is 352 g/mol. The number of aromatic nitrogens is 1. The van der Waals surface area contributed by atoms with Crippen LogP contribution in [0.4, 0.5) is 11.4 Å². The van der Waals surface area contributed by atoms with Gasteiger partial charge in [0.1, 0.15) is 0 Å². The van der Waals surface area contributed by atoms with Crippen LogP contribution in [-0.4, -0.2) is 29.4 Å². The normalized spacial score (nSPS) is 19.1. The Balaban J connectivity index is 0.00000243. The van der Waals surface area contributed by atoms with Crippen molar-refractivity contribution in [1.82, 2.24) is 10.3 Å². The van der Waals surface area contributed by atoms with Gasteiger partial charge in [0, 0.05) is 41.3 Å². The van der Waals surface area contributed by atoms with Crippen molar-refractivity contribution in [2.24, 2.45) is 5.92 Å². The molecule has 0 saturated carbocycles. The lowest BCUT2D eigenvalue weighted by atomic mass is 9.92. The second kappa shape index (κ2) is 9.31. The van der Waals surface area contributed by atoms with E-state index in [0.717, 1.165) is 19.4 Å². The van der Waals surface area contributed by atoms with Crippen LogP contribution in [0.3, 0.4) is 0 Å². The van der Waals surface area contributed by atoms with Gasteiger partial charge in [0.15, 0.2) is 0 Å². The molecular formula is C19H23ClN4O2. The maximum absolute atomic E-state index is 12.4. The minimum Gasteiger partial charge on any atom is -0.326 e. The Morgan fingerprint density at radius 1 is 1.12 bits per heavy atom. The molecule has 3 rings (SSSR count). The van der Waals surface area contributed by atoms with Gasteiger partial charge in [-0.05, 0) is 56.6 Å². The van der Waals surface area contributed by atoms with Crippen molar-refractivity contribution in [3.63, 3.8) is 0 Å². The van der Waals surface area contributed by atoms with Crippen LogP contribution in [-0.2, 0) is 4.79 Å². The van der Waals surface area contributed by atoms with Gasteiger partial charge >= 0.3 is 0 Å². The van der Waals surface area contributed by atoms with Gasteiger partial charge in [-0.3, -0.25) is 14.6 Å². The molecule has 2 aromatic rings. The zero-order valence-corrected chi connectivity index (χ0v) is 15.4. The van der Waals surface area contributed by atoms with E-state index in [1.54, 1.807) is 36.7 Å². The van der Waals surface area contributed by atoms with Crippen LogP contribution >= 0.6 is 12.4 Å². The van der Waals surface area contributed by atoms with Gasteiger partial charge in [0.05, 0.1) is 0 Å². The second-order valence-electron chi connectivity index (χ2n) is 6.34. The van der Waals surface area contributed by atoms with Crippen LogP contribution in [0.15, 0.2) is 48.8 Å². The van der Waals surface area contributed by atoms with Gasteiger partial charge in [-0.15, -0.1) is 12.4 Å². The fraction of sp³-hybridized carbons (Fsp3) is 0.316. The number of carbonyl (C=O) groups excluding carboxylic acids is 2. The highest BCUT2D eigenvalue weighted by Crippen LogP contribution is 2.21. The average Bonchev–Trinajstić information content (AvgIpc) is 2.63. The van der Waals surface area contributed by atoms with Crippen molar-refractivity contribution >= 4 is 35.6 Å². The van der Waals surface area contributed by atoms with Crippen molar-refractivity contribution in [1.29, 1.82) is 0 Å². The first kappa shape index (κ1) is 19.9. The minimum absolute atomic E-state index is 0. The molecule has 2 amide bonds. The molecule has 6 nitrogen and oxygen atoms in total. The number of carbonyl (C=O) groups is 2. The third kappa shape index (κ3) is 5.28. The van der Waals surface area contributed by atoms with Gasteiger partial charge in [-0.25, -0.2) is 0 Å². The molecule has 1 aromatic heterocycles. The lowest BCUT2D eigenvalue weighted by Crippen LogP contribution is -2.40. The van der Waals surface area contributed by atoms with E-state index in [1.165, 1.54) is 0 Å². The van der Waals surface area contributed by atoms with E-state index in [1.807, 2.05) is 12.1 Å². The van der Waals surface area contributed by atoms with E-state index in [0.29, 0.717) is 23.0 Å². The van der Waals surface area contributed by atoms with Gasteiger partial charge < -0.3 is 16.0 Å². The van der Waals surface area contributed by atoms with Crippen molar-refractivity contribution in [3.8, 4) is 0 Å². The molecule has 0 spiro atoms. The molecule has 7 heteroatoms. The number of halogens is 1. The quantitative estimate of drug-likeness (QED) is 0.768. The number of nitrogens with zero attached hydrogens (tertiary/aromatic N) is 1. The molecule has 138 valence electrons. The summed E-state index contributed by atoms with van der Waals surface area (Å²) in [5.41, 5.74) is 1.86. The predicted molar refractivity (Wildman–Crippen MR) is 105 cm³/mol. The number of nitrogens with one attached hydrogen (secondary N) is 3. The van der Waals surface area contributed by atoms with Gasteiger partial charge in [0.2, 0.25) is 5.91 Å². The van der Waals surface area contributed by atoms with E-state index >= 15 is 0 Å². The molecule has 1 aliphatic rings. The van der Waals surface area contributed by atoms with Crippen LogP contribution < -0.4 is 16.0 Å². The Kier molecular flexibility index (Phi) is 7.12.